The number of unbranched alkanes of at least 4 members (excludes halogenated alkanes) is 1. The number of pyridine rings is 1. The molecule has 0 amide bonds. The Labute approximate surface area is 90.9 Å². The van der Waals surface area contributed by atoms with Crippen molar-refractivity contribution < 1.29 is 0 Å². The summed E-state index contributed by atoms with van der Waals surface area (Å²) in [4.78, 5) is 6.27. The summed E-state index contributed by atoms with van der Waals surface area (Å²) in [7, 11) is 0. The minimum absolute atomic E-state index is 0.741. The average Bonchev–Trinajstić information content (AvgIpc) is 2.21. The lowest BCUT2D eigenvalue weighted by Crippen LogP contribution is -2.24. The van der Waals surface area contributed by atoms with Crippen molar-refractivity contribution in [2.45, 2.75) is 26.7 Å². The Bertz CT molecular complexity index is 276. The Morgan fingerprint density at radius 1 is 1.43 bits per heavy atom. The van der Waals surface area contributed by atoms with Gasteiger partial charge in [0.1, 0.15) is 0 Å². The smallest absolute Gasteiger partial charge is 0.0822 e. The van der Waals surface area contributed by atoms with E-state index in [1.54, 1.807) is 12.4 Å². The highest BCUT2D eigenvalue weighted by Gasteiger charge is 2.06. The van der Waals surface area contributed by atoms with E-state index >= 15 is 0 Å². The largest absolute Gasteiger partial charge is 0.371 e. The fourth-order valence-corrected chi connectivity index (χ4v) is 1.66. The van der Waals surface area contributed by atoms with Gasteiger partial charge in [0.25, 0.3) is 0 Å². The predicted molar refractivity (Wildman–Crippen MR) is 62.0 cm³/mol. The normalized spacial score (nSPS) is 10.2. The lowest BCUT2D eigenvalue weighted by Gasteiger charge is -2.23. The van der Waals surface area contributed by atoms with Gasteiger partial charge in [0.05, 0.1) is 10.7 Å². The first kappa shape index (κ1) is 11.3. The molecular formula is C11H17ClN2. The molecule has 2 nitrogen and oxygen atoms in total. The van der Waals surface area contributed by atoms with Crippen LogP contribution in [0.4, 0.5) is 5.69 Å². The molecule has 1 aromatic heterocycles. The van der Waals surface area contributed by atoms with Gasteiger partial charge in [0.2, 0.25) is 0 Å². The van der Waals surface area contributed by atoms with Gasteiger partial charge in [-0.15, -0.1) is 0 Å². The van der Waals surface area contributed by atoms with Gasteiger partial charge in [0, 0.05) is 25.5 Å². The number of hydrogen-bond donors (Lipinski definition) is 0. The zero-order valence-electron chi connectivity index (χ0n) is 8.83. The molecule has 0 aromatic carbocycles. The second kappa shape index (κ2) is 5.86. The lowest BCUT2D eigenvalue weighted by molar-refractivity contribution is 0.732. The summed E-state index contributed by atoms with van der Waals surface area (Å²) in [6.07, 6.45) is 5.90. The molecule has 0 spiro atoms. The molecule has 0 radical (unpaired) electrons. The Hall–Kier alpha value is -0.760. The molecule has 14 heavy (non-hydrogen) atoms. The van der Waals surface area contributed by atoms with Gasteiger partial charge in [-0.25, -0.2) is 0 Å². The first-order valence-corrected chi connectivity index (χ1v) is 5.51. The molecule has 3 heteroatoms. The van der Waals surface area contributed by atoms with Crippen LogP contribution in [0.5, 0.6) is 0 Å². The van der Waals surface area contributed by atoms with E-state index in [1.807, 2.05) is 6.07 Å². The molecule has 0 N–H and O–H groups in total. The predicted octanol–water partition coefficient (Wildman–Crippen LogP) is 3.36. The number of rotatable bonds is 5. The zero-order valence-corrected chi connectivity index (χ0v) is 9.59. The molecular weight excluding hydrogens is 196 g/mol. The molecule has 1 heterocycles. The van der Waals surface area contributed by atoms with Gasteiger partial charge < -0.3 is 4.90 Å². The molecule has 0 atom stereocenters. The summed E-state index contributed by atoms with van der Waals surface area (Å²) < 4.78 is 0. The van der Waals surface area contributed by atoms with Crippen LogP contribution in [-0.4, -0.2) is 18.1 Å². The molecule has 0 bridgehead atoms. The van der Waals surface area contributed by atoms with Crippen molar-refractivity contribution in [3.8, 4) is 0 Å². The van der Waals surface area contributed by atoms with Gasteiger partial charge in [-0.3, -0.25) is 4.98 Å². The summed E-state index contributed by atoms with van der Waals surface area (Å²) in [6.45, 7) is 6.40. The zero-order chi connectivity index (χ0) is 10.4. The third-order valence-electron chi connectivity index (χ3n) is 2.26. The third-order valence-corrected chi connectivity index (χ3v) is 2.55. The number of hydrogen-bond acceptors (Lipinski definition) is 2. The van der Waals surface area contributed by atoms with Crippen molar-refractivity contribution >= 4 is 17.3 Å². The average molecular weight is 213 g/mol. The molecule has 78 valence electrons. The van der Waals surface area contributed by atoms with Crippen LogP contribution in [0.3, 0.4) is 0 Å². The highest BCUT2D eigenvalue weighted by molar-refractivity contribution is 6.33. The standard InChI is InChI=1S/C11H17ClN2/c1-3-5-8-14(4-2)11-6-7-13-9-10(11)12/h6-7,9H,3-5,8H2,1-2H3. The van der Waals surface area contributed by atoms with Crippen molar-refractivity contribution in [2.24, 2.45) is 0 Å². The van der Waals surface area contributed by atoms with Crippen LogP contribution < -0.4 is 4.90 Å². The van der Waals surface area contributed by atoms with Gasteiger partial charge in [0.15, 0.2) is 0 Å². The van der Waals surface area contributed by atoms with E-state index in [-0.39, 0.29) is 0 Å². The minimum atomic E-state index is 0.741. The van der Waals surface area contributed by atoms with Crippen LogP contribution >= 0.6 is 11.6 Å². The van der Waals surface area contributed by atoms with Crippen molar-refractivity contribution in [2.75, 3.05) is 18.0 Å². The van der Waals surface area contributed by atoms with E-state index < -0.39 is 0 Å². The molecule has 0 saturated heterocycles. The molecule has 0 aliphatic heterocycles. The van der Waals surface area contributed by atoms with Crippen molar-refractivity contribution in [1.82, 2.24) is 4.98 Å². The topological polar surface area (TPSA) is 16.1 Å². The van der Waals surface area contributed by atoms with E-state index in [9.17, 15) is 0 Å². The SMILES string of the molecule is CCCCN(CC)c1ccncc1Cl. The van der Waals surface area contributed by atoms with E-state index in [0.717, 1.165) is 23.8 Å². The Morgan fingerprint density at radius 2 is 2.21 bits per heavy atom. The molecule has 1 rings (SSSR count). The van der Waals surface area contributed by atoms with E-state index in [4.69, 9.17) is 11.6 Å². The molecule has 0 fully saturated rings. The number of halogens is 1. The first-order valence-electron chi connectivity index (χ1n) is 5.14. The van der Waals surface area contributed by atoms with Gasteiger partial charge in [-0.2, -0.15) is 0 Å². The summed E-state index contributed by atoms with van der Waals surface area (Å²) >= 11 is 6.07. The Morgan fingerprint density at radius 3 is 2.79 bits per heavy atom. The van der Waals surface area contributed by atoms with Crippen LogP contribution in [-0.2, 0) is 0 Å². The third kappa shape index (κ3) is 2.88. The van der Waals surface area contributed by atoms with Gasteiger partial charge in [-0.1, -0.05) is 24.9 Å². The van der Waals surface area contributed by atoms with Crippen LogP contribution in [0.1, 0.15) is 26.7 Å². The van der Waals surface area contributed by atoms with E-state index in [2.05, 4.69) is 23.7 Å². The number of aromatic nitrogens is 1. The molecule has 0 aliphatic carbocycles. The summed E-state index contributed by atoms with van der Waals surface area (Å²) in [5, 5.41) is 0.741. The Balaban J connectivity index is 2.73. The second-order valence-corrected chi connectivity index (χ2v) is 3.67. The van der Waals surface area contributed by atoms with Crippen LogP contribution in [0.25, 0.3) is 0 Å². The summed E-state index contributed by atoms with van der Waals surface area (Å²) in [5.74, 6) is 0. The molecule has 1 aromatic rings. The molecule has 0 saturated carbocycles. The van der Waals surface area contributed by atoms with Crippen molar-refractivity contribution in [3.63, 3.8) is 0 Å². The summed E-state index contributed by atoms with van der Waals surface area (Å²) in [5.41, 5.74) is 1.10. The molecule has 0 unspecified atom stereocenters. The highest BCUT2D eigenvalue weighted by atomic mass is 35.5. The fourth-order valence-electron chi connectivity index (χ4n) is 1.42. The quantitative estimate of drug-likeness (QED) is 0.744. The maximum atomic E-state index is 6.07. The second-order valence-electron chi connectivity index (χ2n) is 3.26. The summed E-state index contributed by atoms with van der Waals surface area (Å²) in [6, 6.07) is 1.97. The highest BCUT2D eigenvalue weighted by Crippen LogP contribution is 2.24. The number of nitrogens with zero attached hydrogens (tertiary/aromatic N) is 2. The Kier molecular flexibility index (Phi) is 4.74. The van der Waals surface area contributed by atoms with Crippen LogP contribution in [0.15, 0.2) is 18.5 Å². The van der Waals surface area contributed by atoms with Crippen LogP contribution in [0.2, 0.25) is 5.02 Å². The van der Waals surface area contributed by atoms with Crippen molar-refractivity contribution in [1.29, 1.82) is 0 Å². The van der Waals surface area contributed by atoms with Crippen molar-refractivity contribution in [3.05, 3.63) is 23.5 Å². The maximum absolute atomic E-state index is 6.07. The lowest BCUT2D eigenvalue weighted by atomic mass is 10.3. The first-order chi connectivity index (χ1) is 6.79. The van der Waals surface area contributed by atoms with Gasteiger partial charge in [-0.05, 0) is 19.4 Å². The fraction of sp³-hybridized carbons (Fsp3) is 0.545. The van der Waals surface area contributed by atoms with Gasteiger partial charge >= 0.3 is 0 Å². The molecule has 0 aliphatic rings. The minimum Gasteiger partial charge on any atom is -0.371 e. The van der Waals surface area contributed by atoms with E-state index in [1.165, 1.54) is 12.8 Å². The van der Waals surface area contributed by atoms with E-state index in [0.29, 0.717) is 0 Å². The maximum Gasteiger partial charge on any atom is 0.0822 e. The van der Waals surface area contributed by atoms with Crippen LogP contribution in [0, 0.1) is 0 Å². The monoisotopic (exact) mass is 212 g/mol. The number of anilines is 1.